The molecule has 0 atom stereocenters. The molecular weight excluding hydrogens is 321 g/mol. The molecule has 15 heavy (non-hydrogen) atoms. The molecule has 0 N–H and O–H groups in total. The summed E-state index contributed by atoms with van der Waals surface area (Å²) in [5.41, 5.74) is 0.306. The molecule has 0 unspecified atom stereocenters. The largest absolute Gasteiger partial charge is 2.00 e. The minimum absolute atomic E-state index is 0. The molecule has 0 spiro atoms. The first-order chi connectivity index (χ1) is 6.36. The summed E-state index contributed by atoms with van der Waals surface area (Å²) in [7, 11) is 0. The molecule has 0 saturated heterocycles. The van der Waals surface area contributed by atoms with Crippen LogP contribution >= 0.6 is 0 Å². The van der Waals surface area contributed by atoms with Gasteiger partial charge in [-0.15, -0.1) is 0 Å². The topological polar surface area (TPSA) is 80.3 Å². The van der Waals surface area contributed by atoms with Gasteiger partial charge in [-0.2, -0.15) is 0 Å². The average Bonchev–Trinajstić information content (AvgIpc) is 2.15. The Morgan fingerprint density at radius 1 is 0.933 bits per heavy atom. The number of carboxylic acid groups (broad SMARTS) is 2. The smallest absolute Gasteiger partial charge is 0.545 e. The van der Waals surface area contributed by atoms with Crippen molar-refractivity contribution < 1.29 is 19.8 Å². The summed E-state index contributed by atoms with van der Waals surface area (Å²) in [5, 5.41) is 19.4. The minimum atomic E-state index is -1.15. The van der Waals surface area contributed by atoms with Crippen molar-refractivity contribution in [2.24, 2.45) is 0 Å². The summed E-state index contributed by atoms with van der Waals surface area (Å²) < 4.78 is 0. The van der Waals surface area contributed by atoms with Crippen LogP contribution in [0.15, 0.2) is 24.3 Å². The second kappa shape index (κ2) is 12.1. The van der Waals surface area contributed by atoms with Crippen LogP contribution in [0.4, 0.5) is 0 Å². The third-order valence-corrected chi connectivity index (χ3v) is 1.43. The predicted octanol–water partition coefficient (Wildman–Crippen LogP) is -0.976. The van der Waals surface area contributed by atoms with Gasteiger partial charge >= 0.3 is 48.9 Å². The predicted molar refractivity (Wildman–Crippen MR) is 54.6 cm³/mol. The van der Waals surface area contributed by atoms with Crippen LogP contribution in [0.3, 0.4) is 0 Å². The van der Waals surface area contributed by atoms with Gasteiger partial charge in [-0.3, -0.25) is 0 Å². The Morgan fingerprint density at radius 3 is 1.13 bits per heavy atom. The van der Waals surface area contributed by atoms with Crippen LogP contribution in [0.5, 0.6) is 0 Å². The van der Waals surface area contributed by atoms with Crippen LogP contribution in [0.2, 0.25) is 0 Å². The molecule has 0 fully saturated rings. The van der Waals surface area contributed by atoms with Gasteiger partial charge in [-0.25, -0.2) is 0 Å². The van der Waals surface area contributed by atoms with E-state index >= 15 is 0 Å². The van der Waals surface area contributed by atoms with Crippen molar-refractivity contribution in [3.05, 3.63) is 24.3 Å². The van der Waals surface area contributed by atoms with Crippen molar-refractivity contribution in [1.82, 2.24) is 0 Å². The number of hydrogen-bond donors (Lipinski definition) is 0. The molecule has 0 radical (unpaired) electrons. The Morgan fingerprint density at radius 2 is 1.13 bits per heavy atom. The zero-order valence-corrected chi connectivity index (χ0v) is 13.6. The van der Waals surface area contributed by atoms with Gasteiger partial charge in [0.15, 0.2) is 0 Å². The summed E-state index contributed by atoms with van der Waals surface area (Å²) >= 11 is 0. The van der Waals surface area contributed by atoms with Crippen LogP contribution in [-0.2, 0) is 9.59 Å². The van der Waals surface area contributed by atoms with Crippen molar-refractivity contribution in [3.63, 3.8) is 0 Å². The molecule has 0 bridgehead atoms. The summed E-state index contributed by atoms with van der Waals surface area (Å²) in [6, 6.07) is 0. The first-order valence-corrected chi connectivity index (χ1v) is 4.14. The summed E-state index contributed by atoms with van der Waals surface area (Å²) in [4.78, 5) is 19.4. The molecule has 0 heterocycles. The van der Waals surface area contributed by atoms with E-state index in [0.717, 1.165) is 0 Å². The van der Waals surface area contributed by atoms with Gasteiger partial charge in [-0.1, -0.05) is 27.0 Å². The maximum atomic E-state index is 9.72. The van der Waals surface area contributed by atoms with E-state index in [9.17, 15) is 19.8 Å². The molecule has 4 nitrogen and oxygen atoms in total. The van der Waals surface area contributed by atoms with E-state index < -0.39 is 11.9 Å². The number of rotatable bonds is 4. The summed E-state index contributed by atoms with van der Waals surface area (Å²) in [6.45, 7) is 9.86. The van der Waals surface area contributed by atoms with Crippen LogP contribution < -0.4 is 10.2 Å². The molecular formula is C10H14BaO4. The van der Waals surface area contributed by atoms with Crippen molar-refractivity contribution in [2.45, 2.75) is 26.7 Å². The molecule has 0 rings (SSSR count). The maximum absolute atomic E-state index is 9.72. The van der Waals surface area contributed by atoms with Crippen LogP contribution in [-0.4, -0.2) is 60.8 Å². The first-order valence-electron chi connectivity index (χ1n) is 4.14. The summed E-state index contributed by atoms with van der Waals surface area (Å²) in [6.07, 6.45) is 0.921. The molecule has 0 aromatic carbocycles. The Bertz CT molecular complexity index is 220. The maximum Gasteiger partial charge on any atom is 2.00 e. The van der Waals surface area contributed by atoms with E-state index in [4.69, 9.17) is 0 Å². The van der Waals surface area contributed by atoms with Crippen LogP contribution in [0.25, 0.3) is 0 Å². The average molecular weight is 336 g/mol. The van der Waals surface area contributed by atoms with E-state index in [1.54, 1.807) is 13.8 Å². The quantitative estimate of drug-likeness (QED) is 0.489. The molecule has 0 aromatic rings. The molecule has 0 aliphatic carbocycles. The number of hydrogen-bond acceptors (Lipinski definition) is 4. The Hall–Kier alpha value is -0.00857. The SMILES string of the molecule is C=C(CC)C(=O)[O-].C=C(CC)C(=O)[O-].[Ba+2]. The second-order valence-electron chi connectivity index (χ2n) is 2.49. The third-order valence-electron chi connectivity index (χ3n) is 1.43. The van der Waals surface area contributed by atoms with Gasteiger partial charge in [0.25, 0.3) is 0 Å². The van der Waals surface area contributed by atoms with Gasteiger partial charge in [0.2, 0.25) is 0 Å². The van der Waals surface area contributed by atoms with Gasteiger partial charge < -0.3 is 19.8 Å². The number of aliphatic carboxylic acids is 2. The monoisotopic (exact) mass is 336 g/mol. The number of carbonyl (C=O) groups excluding carboxylic acids is 2. The Kier molecular flexibility index (Phi) is 16.4. The Balaban J connectivity index is -0.000000180. The fraction of sp³-hybridized carbons (Fsp3) is 0.400. The normalized spacial score (nSPS) is 7.60. The summed E-state index contributed by atoms with van der Waals surface area (Å²) in [5.74, 6) is -2.30. The van der Waals surface area contributed by atoms with Crippen molar-refractivity contribution >= 4 is 60.8 Å². The molecule has 5 heteroatoms. The van der Waals surface area contributed by atoms with E-state index in [1.165, 1.54) is 0 Å². The van der Waals surface area contributed by atoms with Gasteiger partial charge in [0, 0.05) is 0 Å². The fourth-order valence-electron chi connectivity index (χ4n) is 0.289. The molecule has 0 saturated carbocycles. The van der Waals surface area contributed by atoms with Crippen LogP contribution in [0.1, 0.15) is 26.7 Å². The van der Waals surface area contributed by atoms with Gasteiger partial charge in [0.05, 0.1) is 11.9 Å². The zero-order valence-electron chi connectivity index (χ0n) is 9.17. The van der Waals surface area contributed by atoms with Gasteiger partial charge in [0.1, 0.15) is 0 Å². The molecule has 0 aromatic heterocycles. The molecule has 0 aliphatic rings. The van der Waals surface area contributed by atoms with E-state index in [1.807, 2.05) is 0 Å². The van der Waals surface area contributed by atoms with E-state index in [0.29, 0.717) is 12.8 Å². The van der Waals surface area contributed by atoms with Crippen molar-refractivity contribution in [1.29, 1.82) is 0 Å². The van der Waals surface area contributed by atoms with Crippen LogP contribution in [0, 0.1) is 0 Å². The molecule has 0 amide bonds. The molecule has 0 aliphatic heterocycles. The van der Waals surface area contributed by atoms with E-state index in [2.05, 4.69) is 13.2 Å². The standard InChI is InChI=1S/2C5H8O2.Ba/c2*1-3-4(2)5(6)7;/h2*2-3H2,1H3,(H,6,7);/q;;+2/p-2. The zero-order chi connectivity index (χ0) is 11.7. The first kappa shape index (κ1) is 20.4. The van der Waals surface area contributed by atoms with Gasteiger partial charge in [-0.05, 0) is 24.0 Å². The van der Waals surface area contributed by atoms with E-state index in [-0.39, 0.29) is 60.0 Å². The number of carbonyl (C=O) groups is 2. The second-order valence-corrected chi connectivity index (χ2v) is 2.49. The Labute approximate surface area is 130 Å². The van der Waals surface area contributed by atoms with Crippen molar-refractivity contribution in [2.75, 3.05) is 0 Å². The fourth-order valence-corrected chi connectivity index (χ4v) is 0.289. The third kappa shape index (κ3) is 14.0. The minimum Gasteiger partial charge on any atom is -0.545 e. The molecule has 80 valence electrons. The van der Waals surface area contributed by atoms with Crippen molar-refractivity contribution in [3.8, 4) is 0 Å². The number of carboxylic acids is 2.